The van der Waals surface area contributed by atoms with Gasteiger partial charge in [-0.1, -0.05) is 34.1 Å². The normalized spacial score (nSPS) is 14.4. The van der Waals surface area contributed by atoms with Gasteiger partial charge < -0.3 is 9.64 Å². The van der Waals surface area contributed by atoms with Gasteiger partial charge in [0.15, 0.2) is 0 Å². The number of benzodiazepines with no additional fused rings is 1. The van der Waals surface area contributed by atoms with E-state index in [4.69, 9.17) is 9.73 Å². The Morgan fingerprint density at radius 2 is 1.96 bits per heavy atom. The molecular formula is C21H23BrN2O. The number of benzene rings is 2. The maximum absolute atomic E-state index is 5.93. The van der Waals surface area contributed by atoms with Crippen LogP contribution >= 0.6 is 15.9 Å². The zero-order chi connectivity index (χ0) is 17.8. The molecule has 2 aromatic rings. The van der Waals surface area contributed by atoms with E-state index in [9.17, 15) is 0 Å². The molecule has 0 aromatic heterocycles. The maximum atomic E-state index is 5.93. The first kappa shape index (κ1) is 17.7. The summed E-state index contributed by atoms with van der Waals surface area (Å²) in [6.07, 6.45) is 4.31. The number of allylic oxidation sites excluding steroid dienone is 1. The lowest BCUT2D eigenvalue weighted by molar-refractivity contribution is 0.242. The molecule has 3 nitrogen and oxygen atoms in total. The molecule has 0 saturated heterocycles. The van der Waals surface area contributed by atoms with Gasteiger partial charge in [-0.25, -0.2) is 0 Å². The monoisotopic (exact) mass is 398 g/mol. The Morgan fingerprint density at radius 1 is 1.16 bits per heavy atom. The Balaban J connectivity index is 1.96. The minimum Gasteiger partial charge on any atom is -0.490 e. The van der Waals surface area contributed by atoms with Crippen LogP contribution in [0.3, 0.4) is 0 Å². The molecule has 0 spiro atoms. The minimum absolute atomic E-state index is 0.137. The maximum Gasteiger partial charge on any atom is 0.126 e. The van der Waals surface area contributed by atoms with Crippen LogP contribution in [0.5, 0.6) is 5.75 Å². The summed E-state index contributed by atoms with van der Waals surface area (Å²) in [5.74, 6) is 0.883. The van der Waals surface area contributed by atoms with Crippen molar-refractivity contribution in [1.29, 1.82) is 0 Å². The van der Waals surface area contributed by atoms with E-state index in [1.54, 1.807) is 0 Å². The summed E-state index contributed by atoms with van der Waals surface area (Å²) >= 11 is 3.55. The number of hydrogen-bond donors (Lipinski definition) is 0. The molecule has 0 bridgehead atoms. The van der Waals surface area contributed by atoms with Gasteiger partial charge in [0.05, 0.1) is 18.4 Å². The third-order valence-corrected chi connectivity index (χ3v) is 4.56. The molecule has 0 saturated carbocycles. The smallest absolute Gasteiger partial charge is 0.126 e. The van der Waals surface area contributed by atoms with Gasteiger partial charge >= 0.3 is 0 Å². The molecule has 1 aliphatic rings. The first-order valence-electron chi connectivity index (χ1n) is 8.54. The zero-order valence-corrected chi connectivity index (χ0v) is 16.5. The number of hydrogen-bond acceptors (Lipinski definition) is 3. The molecule has 1 heterocycles. The van der Waals surface area contributed by atoms with E-state index < -0.39 is 0 Å². The van der Waals surface area contributed by atoms with Crippen molar-refractivity contribution in [1.82, 2.24) is 0 Å². The fourth-order valence-electron chi connectivity index (χ4n) is 2.87. The van der Waals surface area contributed by atoms with Gasteiger partial charge in [-0.05, 0) is 50.3 Å². The van der Waals surface area contributed by atoms with E-state index in [-0.39, 0.29) is 6.10 Å². The highest BCUT2D eigenvalue weighted by Crippen LogP contribution is 2.27. The number of likely N-dealkylation sites (N-methyl/N-ethyl adjacent to an activating group) is 1. The van der Waals surface area contributed by atoms with Gasteiger partial charge in [-0.3, -0.25) is 4.99 Å². The van der Waals surface area contributed by atoms with Crippen molar-refractivity contribution in [2.24, 2.45) is 4.99 Å². The fourth-order valence-corrected chi connectivity index (χ4v) is 3.25. The predicted octanol–water partition coefficient (Wildman–Crippen LogP) is 5.19. The molecule has 0 amide bonds. The van der Waals surface area contributed by atoms with Crippen LogP contribution in [0.1, 0.15) is 25.0 Å². The van der Waals surface area contributed by atoms with Gasteiger partial charge in [0.1, 0.15) is 5.75 Å². The second-order valence-corrected chi connectivity index (χ2v) is 7.30. The number of fused-ring (bicyclic) bond motifs is 1. The van der Waals surface area contributed by atoms with Crippen molar-refractivity contribution in [3.05, 3.63) is 64.1 Å². The van der Waals surface area contributed by atoms with Crippen molar-refractivity contribution in [3.8, 4) is 5.75 Å². The quantitative estimate of drug-likeness (QED) is 0.707. The highest BCUT2D eigenvalue weighted by molar-refractivity contribution is 9.10. The summed E-state index contributed by atoms with van der Waals surface area (Å²) in [5.41, 5.74) is 4.44. The molecule has 4 heteroatoms. The third-order valence-electron chi connectivity index (χ3n) is 4.06. The average Bonchev–Trinajstić information content (AvgIpc) is 2.74. The molecule has 0 atom stereocenters. The second kappa shape index (κ2) is 7.87. The number of para-hydroxylation sites is 1. The topological polar surface area (TPSA) is 24.8 Å². The van der Waals surface area contributed by atoms with Gasteiger partial charge in [0.2, 0.25) is 0 Å². The largest absolute Gasteiger partial charge is 0.490 e. The molecule has 3 rings (SSSR count). The average molecular weight is 399 g/mol. The summed E-state index contributed by atoms with van der Waals surface area (Å²) in [5, 5.41) is 0. The summed E-state index contributed by atoms with van der Waals surface area (Å²) < 4.78 is 6.96. The van der Waals surface area contributed by atoms with Gasteiger partial charge in [0.25, 0.3) is 0 Å². The van der Waals surface area contributed by atoms with Crippen molar-refractivity contribution in [2.45, 2.75) is 20.0 Å². The van der Waals surface area contributed by atoms with Crippen LogP contribution in [0.4, 0.5) is 5.69 Å². The molecule has 0 fully saturated rings. The lowest BCUT2D eigenvalue weighted by Crippen LogP contribution is -2.20. The van der Waals surface area contributed by atoms with Crippen molar-refractivity contribution >= 4 is 33.4 Å². The molecule has 2 aromatic carbocycles. The minimum atomic E-state index is 0.137. The number of rotatable bonds is 4. The molecular weight excluding hydrogens is 376 g/mol. The highest BCUT2D eigenvalue weighted by Gasteiger charge is 2.14. The number of anilines is 1. The van der Waals surface area contributed by atoms with Crippen LogP contribution in [0, 0.1) is 0 Å². The van der Waals surface area contributed by atoms with Crippen LogP contribution < -0.4 is 9.64 Å². The van der Waals surface area contributed by atoms with Crippen LogP contribution in [-0.2, 0) is 0 Å². The van der Waals surface area contributed by atoms with Crippen LogP contribution in [0.2, 0.25) is 0 Å². The Morgan fingerprint density at radius 3 is 2.76 bits per heavy atom. The Kier molecular flexibility index (Phi) is 5.59. The van der Waals surface area contributed by atoms with Gasteiger partial charge in [-0.2, -0.15) is 0 Å². The Hall–Kier alpha value is -2.07. The standard InChI is InChI=1S/C21H23BrN2O/c1-15(2)25-21-11-9-17(22)14-16(21)8-10-19-18-6-4-5-7-20(18)24(3)13-12-23-19/h4-11,14-15H,12-13H2,1-3H3. The number of nitrogens with zero attached hydrogens (tertiary/aromatic N) is 2. The van der Waals surface area contributed by atoms with Gasteiger partial charge in [-0.15, -0.1) is 0 Å². The Labute approximate surface area is 158 Å². The predicted molar refractivity (Wildman–Crippen MR) is 110 cm³/mol. The Bertz CT molecular complexity index is 811. The number of aliphatic imine (C=N–C) groups is 1. The lowest BCUT2D eigenvalue weighted by Gasteiger charge is -2.18. The summed E-state index contributed by atoms with van der Waals surface area (Å²) in [6, 6.07) is 14.5. The first-order valence-corrected chi connectivity index (χ1v) is 9.33. The van der Waals surface area contributed by atoms with Gasteiger partial charge in [0, 0.05) is 34.9 Å². The summed E-state index contributed by atoms with van der Waals surface area (Å²) in [6.45, 7) is 5.79. The van der Waals surface area contributed by atoms with E-state index in [0.29, 0.717) is 0 Å². The zero-order valence-electron chi connectivity index (χ0n) is 14.9. The van der Waals surface area contributed by atoms with Crippen molar-refractivity contribution in [2.75, 3.05) is 25.0 Å². The highest BCUT2D eigenvalue weighted by atomic mass is 79.9. The fraction of sp³-hybridized carbons (Fsp3) is 0.286. The molecule has 0 aliphatic carbocycles. The van der Waals surface area contributed by atoms with E-state index in [1.807, 2.05) is 26.0 Å². The summed E-state index contributed by atoms with van der Waals surface area (Å²) in [4.78, 5) is 7.03. The molecule has 130 valence electrons. The lowest BCUT2D eigenvalue weighted by atomic mass is 10.1. The van der Waals surface area contributed by atoms with E-state index in [2.05, 4.69) is 70.4 Å². The van der Waals surface area contributed by atoms with E-state index >= 15 is 0 Å². The van der Waals surface area contributed by atoms with E-state index in [1.165, 1.54) is 11.3 Å². The van der Waals surface area contributed by atoms with Crippen LogP contribution in [0.25, 0.3) is 6.08 Å². The molecule has 1 aliphatic heterocycles. The molecule has 0 N–H and O–H groups in total. The number of halogens is 1. The molecule has 0 radical (unpaired) electrons. The van der Waals surface area contributed by atoms with Crippen molar-refractivity contribution < 1.29 is 4.74 Å². The van der Waals surface area contributed by atoms with Crippen LogP contribution in [-0.4, -0.2) is 32.0 Å². The third kappa shape index (κ3) is 4.31. The van der Waals surface area contributed by atoms with E-state index in [0.717, 1.165) is 34.6 Å². The first-order chi connectivity index (χ1) is 12.0. The second-order valence-electron chi connectivity index (χ2n) is 6.39. The number of ether oxygens (including phenoxy) is 1. The SMILES string of the molecule is CC(C)Oc1ccc(Br)cc1C=CC1=NCCN(C)c2ccccc21. The molecule has 0 unspecified atom stereocenters. The van der Waals surface area contributed by atoms with Crippen LogP contribution in [0.15, 0.2) is 58.0 Å². The molecule has 25 heavy (non-hydrogen) atoms. The summed E-state index contributed by atoms with van der Waals surface area (Å²) in [7, 11) is 2.11. The van der Waals surface area contributed by atoms with Crippen molar-refractivity contribution in [3.63, 3.8) is 0 Å².